The largest absolute Gasteiger partial charge is 0.466 e. The van der Waals surface area contributed by atoms with E-state index in [1.807, 2.05) is 0 Å². The van der Waals surface area contributed by atoms with Crippen LogP contribution in [0.25, 0.3) is 11.1 Å². The Morgan fingerprint density at radius 3 is 2.41 bits per heavy atom. The highest BCUT2D eigenvalue weighted by atomic mass is 35.5. The molecule has 2 N–H and O–H groups in total. The van der Waals surface area contributed by atoms with E-state index in [1.54, 1.807) is 0 Å². The zero-order valence-electron chi connectivity index (χ0n) is 10.7. The second kappa shape index (κ2) is 5.96. The lowest BCUT2D eigenvalue weighted by Gasteiger charge is -2.11. The van der Waals surface area contributed by atoms with Crippen LogP contribution in [0, 0.1) is 11.6 Å². The Bertz CT molecular complexity index is 706. The molecule has 0 radical (unpaired) electrons. The molecule has 2 aromatic rings. The Balaban J connectivity index is 2.32. The maximum absolute atomic E-state index is 13.7. The number of aromatic nitrogens is 1. The van der Waals surface area contributed by atoms with Crippen molar-refractivity contribution in [2.24, 2.45) is 0 Å². The predicted molar refractivity (Wildman–Crippen MR) is 70.6 cm³/mol. The number of nitrogen functional groups attached to an aromatic ring is 1. The maximum atomic E-state index is 13.7. The van der Waals surface area contributed by atoms with Gasteiger partial charge in [0.25, 0.3) is 5.88 Å². The molecule has 0 aliphatic rings. The molecule has 0 aliphatic carbocycles. The fraction of sp³-hybridized carbons (Fsp3) is 0.154. The van der Waals surface area contributed by atoms with Crippen molar-refractivity contribution >= 4 is 17.3 Å². The third-order valence-electron chi connectivity index (χ3n) is 2.58. The summed E-state index contributed by atoms with van der Waals surface area (Å²) >= 11 is 5.87. The van der Waals surface area contributed by atoms with Gasteiger partial charge < -0.3 is 10.5 Å². The normalized spacial score (nSPS) is 11.5. The molecule has 0 saturated heterocycles. The lowest BCUT2D eigenvalue weighted by atomic mass is 10.1. The summed E-state index contributed by atoms with van der Waals surface area (Å²) in [6, 6.07) is 2.96. The summed E-state index contributed by atoms with van der Waals surface area (Å²) in [7, 11) is 0. The van der Waals surface area contributed by atoms with Crippen LogP contribution in [0.5, 0.6) is 5.88 Å². The molecule has 0 saturated carbocycles. The number of benzene rings is 1. The first-order chi connectivity index (χ1) is 10.2. The molecular formula is C13H8ClF5N2O. The van der Waals surface area contributed by atoms with Gasteiger partial charge in [0.15, 0.2) is 12.4 Å². The molecule has 0 spiro atoms. The first-order valence-electron chi connectivity index (χ1n) is 5.77. The zero-order chi connectivity index (χ0) is 16.5. The second-order valence-electron chi connectivity index (χ2n) is 4.27. The molecule has 1 heterocycles. The van der Waals surface area contributed by atoms with Crippen molar-refractivity contribution in [3.63, 3.8) is 0 Å². The number of halogens is 6. The van der Waals surface area contributed by atoms with Gasteiger partial charge in [-0.15, -0.1) is 0 Å². The topological polar surface area (TPSA) is 48.1 Å². The van der Waals surface area contributed by atoms with E-state index in [-0.39, 0.29) is 21.8 Å². The molecular weight excluding hydrogens is 331 g/mol. The van der Waals surface area contributed by atoms with E-state index in [1.165, 1.54) is 0 Å². The summed E-state index contributed by atoms with van der Waals surface area (Å²) in [5, 5.41) is 0.0454. The van der Waals surface area contributed by atoms with Crippen molar-refractivity contribution in [1.29, 1.82) is 0 Å². The van der Waals surface area contributed by atoms with Crippen LogP contribution in [0.3, 0.4) is 0 Å². The Hall–Kier alpha value is -2.09. The molecule has 0 bridgehead atoms. The number of hydrogen-bond donors (Lipinski definition) is 1. The zero-order valence-corrected chi connectivity index (χ0v) is 11.5. The molecule has 0 aliphatic heterocycles. The quantitative estimate of drug-likeness (QED) is 0.674. The van der Waals surface area contributed by atoms with Crippen LogP contribution in [-0.2, 0) is 0 Å². The molecule has 9 heteroatoms. The van der Waals surface area contributed by atoms with Crippen LogP contribution >= 0.6 is 11.6 Å². The summed E-state index contributed by atoms with van der Waals surface area (Å²) in [5.41, 5.74) is 5.31. The fourth-order valence-corrected chi connectivity index (χ4v) is 1.89. The number of pyridine rings is 1. The van der Waals surface area contributed by atoms with E-state index < -0.39 is 30.3 Å². The van der Waals surface area contributed by atoms with Gasteiger partial charge in [0.2, 0.25) is 0 Å². The van der Waals surface area contributed by atoms with E-state index in [2.05, 4.69) is 9.72 Å². The SMILES string of the molecule is Nc1cc(Cl)c(-c2cnc(OCC(F)(F)F)c(F)c2)cc1F. The van der Waals surface area contributed by atoms with Crippen LogP contribution in [0.15, 0.2) is 24.4 Å². The van der Waals surface area contributed by atoms with Crippen molar-refractivity contribution in [3.8, 4) is 17.0 Å². The van der Waals surface area contributed by atoms with Crippen molar-refractivity contribution in [2.45, 2.75) is 6.18 Å². The van der Waals surface area contributed by atoms with Crippen LogP contribution in [0.4, 0.5) is 27.6 Å². The van der Waals surface area contributed by atoms with E-state index in [4.69, 9.17) is 17.3 Å². The smallest absolute Gasteiger partial charge is 0.422 e. The molecule has 2 rings (SSSR count). The minimum absolute atomic E-state index is 0.0454. The van der Waals surface area contributed by atoms with Crippen molar-refractivity contribution < 1.29 is 26.7 Å². The Labute approximate surface area is 126 Å². The molecule has 0 unspecified atom stereocenters. The highest BCUT2D eigenvalue weighted by molar-refractivity contribution is 6.33. The van der Waals surface area contributed by atoms with Gasteiger partial charge in [-0.2, -0.15) is 13.2 Å². The monoisotopic (exact) mass is 338 g/mol. The summed E-state index contributed by atoms with van der Waals surface area (Å²) in [4.78, 5) is 3.44. The molecule has 118 valence electrons. The van der Waals surface area contributed by atoms with Gasteiger partial charge in [0.1, 0.15) is 5.82 Å². The number of ether oxygens (including phenoxy) is 1. The number of nitrogens with zero attached hydrogens (tertiary/aromatic N) is 1. The minimum atomic E-state index is -4.61. The molecule has 22 heavy (non-hydrogen) atoms. The molecule has 0 amide bonds. The number of anilines is 1. The second-order valence-corrected chi connectivity index (χ2v) is 4.68. The van der Waals surface area contributed by atoms with Crippen LogP contribution in [-0.4, -0.2) is 17.8 Å². The first kappa shape index (κ1) is 16.3. The van der Waals surface area contributed by atoms with Gasteiger partial charge in [-0.05, 0) is 18.2 Å². The predicted octanol–water partition coefficient (Wildman–Crippen LogP) is 4.20. The number of rotatable bonds is 3. The number of nitrogens with two attached hydrogens (primary N) is 1. The lowest BCUT2D eigenvalue weighted by Crippen LogP contribution is -2.20. The van der Waals surface area contributed by atoms with Crippen LogP contribution in [0.1, 0.15) is 0 Å². The van der Waals surface area contributed by atoms with Crippen molar-refractivity contribution in [2.75, 3.05) is 12.3 Å². The van der Waals surface area contributed by atoms with Gasteiger partial charge in [0, 0.05) is 17.3 Å². The summed E-state index contributed by atoms with van der Waals surface area (Å²) in [5.74, 6) is -2.71. The average Bonchev–Trinajstić information content (AvgIpc) is 2.40. The minimum Gasteiger partial charge on any atom is -0.466 e. The Morgan fingerprint density at radius 1 is 1.14 bits per heavy atom. The lowest BCUT2D eigenvalue weighted by molar-refractivity contribution is -0.154. The molecule has 1 aromatic heterocycles. The highest BCUT2D eigenvalue weighted by Gasteiger charge is 2.29. The van der Waals surface area contributed by atoms with Crippen LogP contribution < -0.4 is 10.5 Å². The molecule has 0 fully saturated rings. The summed E-state index contributed by atoms with van der Waals surface area (Å²) < 4.78 is 67.4. The Kier molecular flexibility index (Phi) is 4.41. The van der Waals surface area contributed by atoms with E-state index in [0.29, 0.717) is 0 Å². The fourth-order valence-electron chi connectivity index (χ4n) is 1.61. The van der Waals surface area contributed by atoms with Gasteiger partial charge in [-0.25, -0.2) is 13.8 Å². The molecule has 3 nitrogen and oxygen atoms in total. The first-order valence-corrected chi connectivity index (χ1v) is 6.15. The van der Waals surface area contributed by atoms with Gasteiger partial charge in [-0.1, -0.05) is 11.6 Å². The highest BCUT2D eigenvalue weighted by Crippen LogP contribution is 2.32. The van der Waals surface area contributed by atoms with E-state index in [9.17, 15) is 22.0 Å². The number of alkyl halides is 3. The van der Waals surface area contributed by atoms with Gasteiger partial charge in [-0.3, -0.25) is 0 Å². The standard InChI is InChI=1S/C13H8ClF5N2O/c14-8-3-11(20)9(15)2-7(8)6-1-10(16)12(21-4-6)22-5-13(17,18)19/h1-4H,5,20H2. The summed E-state index contributed by atoms with van der Waals surface area (Å²) in [6.45, 7) is -1.67. The van der Waals surface area contributed by atoms with Crippen molar-refractivity contribution in [3.05, 3.63) is 41.1 Å². The van der Waals surface area contributed by atoms with E-state index >= 15 is 0 Å². The molecule has 0 atom stereocenters. The maximum Gasteiger partial charge on any atom is 0.422 e. The summed E-state index contributed by atoms with van der Waals surface area (Å²) in [6.07, 6.45) is -3.60. The van der Waals surface area contributed by atoms with Crippen LogP contribution in [0.2, 0.25) is 5.02 Å². The van der Waals surface area contributed by atoms with E-state index in [0.717, 1.165) is 24.4 Å². The third kappa shape index (κ3) is 3.76. The average molecular weight is 339 g/mol. The Morgan fingerprint density at radius 2 is 1.82 bits per heavy atom. The third-order valence-corrected chi connectivity index (χ3v) is 2.89. The van der Waals surface area contributed by atoms with Gasteiger partial charge >= 0.3 is 6.18 Å². The molecule has 1 aromatic carbocycles. The van der Waals surface area contributed by atoms with Gasteiger partial charge in [0.05, 0.1) is 10.7 Å². The number of hydrogen-bond acceptors (Lipinski definition) is 3. The van der Waals surface area contributed by atoms with Crippen molar-refractivity contribution in [1.82, 2.24) is 4.98 Å².